The number of aryl methyl sites for hydroxylation is 1. The van der Waals surface area contributed by atoms with E-state index in [4.69, 9.17) is 4.74 Å². The third kappa shape index (κ3) is 2.67. The van der Waals surface area contributed by atoms with Crippen molar-refractivity contribution in [1.29, 1.82) is 0 Å². The summed E-state index contributed by atoms with van der Waals surface area (Å²) in [4.78, 5) is 10.1. The molecule has 0 fully saturated rings. The van der Waals surface area contributed by atoms with Gasteiger partial charge in [-0.15, -0.1) is 0 Å². The maximum Gasteiger partial charge on any atom is 0.269 e. The van der Waals surface area contributed by atoms with Crippen LogP contribution in [-0.4, -0.2) is 14.7 Å². The Morgan fingerprint density at radius 1 is 1.44 bits per heavy atom. The highest BCUT2D eigenvalue weighted by Crippen LogP contribution is 2.24. The van der Waals surface area contributed by atoms with Crippen molar-refractivity contribution < 1.29 is 9.66 Å². The molecule has 94 valence electrons. The van der Waals surface area contributed by atoms with Crippen LogP contribution in [0.25, 0.3) is 0 Å². The number of halogens is 1. The summed E-state index contributed by atoms with van der Waals surface area (Å²) in [5, 5.41) is 15.4. The summed E-state index contributed by atoms with van der Waals surface area (Å²) in [7, 11) is 1.77. The molecule has 7 heteroatoms. The molecule has 2 rings (SSSR count). The number of ether oxygens (including phenoxy) is 1. The van der Waals surface area contributed by atoms with E-state index in [9.17, 15) is 10.1 Å². The number of rotatable bonds is 4. The van der Waals surface area contributed by atoms with Crippen LogP contribution >= 0.6 is 15.9 Å². The number of benzene rings is 1. The highest BCUT2D eigenvalue weighted by Gasteiger charge is 2.08. The second-order valence-electron chi connectivity index (χ2n) is 3.58. The van der Waals surface area contributed by atoms with Gasteiger partial charge in [-0.25, -0.2) is 4.68 Å². The topological polar surface area (TPSA) is 70.2 Å². The summed E-state index contributed by atoms with van der Waals surface area (Å²) in [6, 6.07) is 7.71. The van der Waals surface area contributed by atoms with Crippen LogP contribution in [0.2, 0.25) is 0 Å². The van der Waals surface area contributed by atoms with E-state index in [-0.39, 0.29) is 5.69 Å². The lowest BCUT2D eigenvalue weighted by atomic mass is 10.3. The van der Waals surface area contributed by atoms with E-state index in [1.165, 1.54) is 12.1 Å². The lowest BCUT2D eigenvalue weighted by Gasteiger charge is -2.04. The van der Waals surface area contributed by atoms with Gasteiger partial charge in [0.25, 0.3) is 5.69 Å². The zero-order valence-electron chi connectivity index (χ0n) is 9.54. The Hall–Kier alpha value is -1.89. The average Bonchev–Trinajstić information content (AvgIpc) is 2.71. The Morgan fingerprint density at radius 2 is 2.11 bits per heavy atom. The molecule has 0 spiro atoms. The molecule has 0 saturated carbocycles. The number of hydrogen-bond acceptors (Lipinski definition) is 4. The minimum atomic E-state index is -0.448. The summed E-state index contributed by atoms with van der Waals surface area (Å²) < 4.78 is 7.19. The zero-order valence-corrected chi connectivity index (χ0v) is 11.1. The van der Waals surface area contributed by atoms with Gasteiger partial charge in [0, 0.05) is 30.6 Å². The van der Waals surface area contributed by atoms with Gasteiger partial charge in [-0.2, -0.15) is 5.10 Å². The Labute approximate surface area is 111 Å². The normalized spacial score (nSPS) is 10.3. The van der Waals surface area contributed by atoms with Crippen molar-refractivity contribution in [3.05, 3.63) is 46.1 Å². The third-order valence-corrected chi connectivity index (χ3v) is 2.87. The average molecular weight is 312 g/mol. The van der Waals surface area contributed by atoms with Gasteiger partial charge in [-0.3, -0.25) is 10.1 Å². The van der Waals surface area contributed by atoms with Crippen LogP contribution in [0.5, 0.6) is 11.6 Å². The highest BCUT2D eigenvalue weighted by molar-refractivity contribution is 9.08. The van der Waals surface area contributed by atoms with Crippen molar-refractivity contribution in [2.45, 2.75) is 5.33 Å². The van der Waals surface area contributed by atoms with Gasteiger partial charge in [0.2, 0.25) is 5.88 Å². The number of hydrogen-bond donors (Lipinski definition) is 0. The van der Waals surface area contributed by atoms with Crippen molar-refractivity contribution in [2.75, 3.05) is 0 Å². The Morgan fingerprint density at radius 3 is 2.61 bits per heavy atom. The van der Waals surface area contributed by atoms with Crippen LogP contribution in [0.3, 0.4) is 0 Å². The third-order valence-electron chi connectivity index (χ3n) is 2.29. The molecule has 0 amide bonds. The van der Waals surface area contributed by atoms with E-state index in [2.05, 4.69) is 21.0 Å². The highest BCUT2D eigenvalue weighted by atomic mass is 79.9. The standard InChI is InChI=1S/C11H10BrN3O3/c1-14-11(6-8(7-12)13-14)18-10-4-2-9(3-5-10)15(16)17/h2-6H,7H2,1H3. The lowest BCUT2D eigenvalue weighted by molar-refractivity contribution is -0.384. The fourth-order valence-electron chi connectivity index (χ4n) is 1.42. The van der Waals surface area contributed by atoms with Crippen LogP contribution in [0.1, 0.15) is 5.69 Å². The summed E-state index contributed by atoms with van der Waals surface area (Å²) in [5.41, 5.74) is 0.892. The smallest absolute Gasteiger partial charge is 0.269 e. The van der Waals surface area contributed by atoms with Crippen molar-refractivity contribution in [1.82, 2.24) is 9.78 Å². The Balaban J connectivity index is 2.17. The SMILES string of the molecule is Cn1nc(CBr)cc1Oc1ccc([N+](=O)[O-])cc1. The molecule has 0 atom stereocenters. The van der Waals surface area contributed by atoms with Gasteiger partial charge < -0.3 is 4.74 Å². The molecule has 0 aliphatic carbocycles. The van der Waals surface area contributed by atoms with Gasteiger partial charge in [0.05, 0.1) is 10.6 Å². The molecule has 6 nitrogen and oxygen atoms in total. The lowest BCUT2D eigenvalue weighted by Crippen LogP contribution is -1.95. The maximum atomic E-state index is 10.5. The fraction of sp³-hybridized carbons (Fsp3) is 0.182. The summed E-state index contributed by atoms with van der Waals surface area (Å²) in [5.74, 6) is 1.11. The first kappa shape index (κ1) is 12.6. The first-order chi connectivity index (χ1) is 8.60. The minimum Gasteiger partial charge on any atom is -0.439 e. The minimum absolute atomic E-state index is 0.0357. The van der Waals surface area contributed by atoms with E-state index in [0.717, 1.165) is 5.69 Å². The van der Waals surface area contributed by atoms with E-state index in [0.29, 0.717) is 17.0 Å². The molecule has 1 aromatic heterocycles. The second-order valence-corrected chi connectivity index (χ2v) is 4.14. The van der Waals surface area contributed by atoms with Gasteiger partial charge in [-0.05, 0) is 12.1 Å². The van der Waals surface area contributed by atoms with Gasteiger partial charge in [-0.1, -0.05) is 15.9 Å². The van der Waals surface area contributed by atoms with Crippen LogP contribution in [-0.2, 0) is 12.4 Å². The molecule has 0 unspecified atom stereocenters. The van der Waals surface area contributed by atoms with Gasteiger partial charge >= 0.3 is 0 Å². The van der Waals surface area contributed by atoms with Crippen molar-refractivity contribution >= 4 is 21.6 Å². The number of nitrogens with zero attached hydrogens (tertiary/aromatic N) is 3. The van der Waals surface area contributed by atoms with E-state index < -0.39 is 4.92 Å². The molecule has 0 radical (unpaired) electrons. The number of alkyl halides is 1. The second kappa shape index (κ2) is 5.18. The zero-order chi connectivity index (χ0) is 13.1. The molecular formula is C11H10BrN3O3. The van der Waals surface area contributed by atoms with Crippen LogP contribution in [0.15, 0.2) is 30.3 Å². The molecule has 0 bridgehead atoms. The first-order valence-corrected chi connectivity index (χ1v) is 6.23. The molecule has 0 saturated heterocycles. The van der Waals surface area contributed by atoms with Crippen LogP contribution in [0.4, 0.5) is 5.69 Å². The van der Waals surface area contributed by atoms with Crippen molar-refractivity contribution in [2.24, 2.45) is 7.05 Å². The first-order valence-electron chi connectivity index (χ1n) is 5.11. The number of nitro benzene ring substituents is 1. The van der Waals surface area contributed by atoms with E-state index in [1.54, 1.807) is 29.9 Å². The monoisotopic (exact) mass is 311 g/mol. The molecule has 1 aromatic carbocycles. The largest absolute Gasteiger partial charge is 0.439 e. The molecule has 1 heterocycles. The predicted octanol–water partition coefficient (Wildman–Crippen LogP) is 3.02. The summed E-state index contributed by atoms with van der Waals surface area (Å²) in [6.07, 6.45) is 0. The van der Waals surface area contributed by atoms with E-state index >= 15 is 0 Å². The van der Waals surface area contributed by atoms with Crippen LogP contribution in [0, 0.1) is 10.1 Å². The fourth-order valence-corrected chi connectivity index (χ4v) is 1.70. The molecule has 2 aromatic rings. The van der Waals surface area contributed by atoms with Gasteiger partial charge in [0.15, 0.2) is 0 Å². The summed E-state index contributed by atoms with van der Waals surface area (Å²) >= 11 is 3.31. The molecule has 0 aliphatic rings. The van der Waals surface area contributed by atoms with Crippen LogP contribution < -0.4 is 4.74 Å². The number of non-ortho nitro benzene ring substituents is 1. The Bertz CT molecular complexity index is 565. The van der Waals surface area contributed by atoms with Gasteiger partial charge in [0.1, 0.15) is 5.75 Å². The molecule has 0 N–H and O–H groups in total. The predicted molar refractivity (Wildman–Crippen MR) is 69.0 cm³/mol. The number of aromatic nitrogens is 2. The molecular weight excluding hydrogens is 302 g/mol. The molecule has 18 heavy (non-hydrogen) atoms. The van der Waals surface area contributed by atoms with E-state index in [1.807, 2.05) is 0 Å². The number of nitro groups is 1. The summed E-state index contributed by atoms with van der Waals surface area (Å²) in [6.45, 7) is 0. The maximum absolute atomic E-state index is 10.5. The van der Waals surface area contributed by atoms with Crippen molar-refractivity contribution in [3.63, 3.8) is 0 Å². The molecule has 0 aliphatic heterocycles. The quantitative estimate of drug-likeness (QED) is 0.494. The Kier molecular flexibility index (Phi) is 3.61. The van der Waals surface area contributed by atoms with Crippen molar-refractivity contribution in [3.8, 4) is 11.6 Å².